The molecule has 0 saturated carbocycles. The van der Waals surface area contributed by atoms with Gasteiger partial charge in [-0.2, -0.15) is 0 Å². The van der Waals surface area contributed by atoms with Crippen LogP contribution >= 0.6 is 0 Å². The zero-order valence-corrected chi connectivity index (χ0v) is 24.9. The summed E-state index contributed by atoms with van der Waals surface area (Å²) in [5.74, 6) is -0.681. The summed E-state index contributed by atoms with van der Waals surface area (Å²) in [6.45, 7) is 7.15. The quantitative estimate of drug-likeness (QED) is 0.277. The van der Waals surface area contributed by atoms with Crippen molar-refractivity contribution in [2.45, 2.75) is 12.8 Å². The van der Waals surface area contributed by atoms with E-state index < -0.39 is 20.2 Å². The Morgan fingerprint density at radius 1 is 0.750 bits per heavy atom. The Morgan fingerprint density at radius 3 is 1.57 bits per heavy atom. The summed E-state index contributed by atoms with van der Waals surface area (Å²) in [5, 5.41) is 18.6. The third kappa shape index (κ3) is 18.8. The molecule has 3 rings (SSSR count). The monoisotopic (exact) mass is 653 g/mol. The Kier molecular flexibility index (Phi) is 21.6. The van der Waals surface area contributed by atoms with Crippen LogP contribution in [0.1, 0.15) is 12.8 Å². The van der Waals surface area contributed by atoms with Crippen LogP contribution in [0.5, 0.6) is 5.75 Å². The van der Waals surface area contributed by atoms with Gasteiger partial charge in [-0.1, -0.05) is 30.0 Å². The molecule has 1 aromatic heterocycles. The largest absolute Gasteiger partial charge is 3.00 e. The van der Waals surface area contributed by atoms with Crippen LogP contribution < -0.4 is 15.7 Å². The SMILES string of the molecule is O.O.O=S(=O)([O-])CCCN1CCNCCN(CCCS(=O)(=O)[O-])CCNCC1.[Co+3].[O-]c1cccc2cccnc12. The van der Waals surface area contributed by atoms with Crippen LogP contribution in [0, 0.1) is 0 Å². The number of rotatable bonds is 8. The third-order valence-corrected chi connectivity index (χ3v) is 7.33. The number of nitrogens with one attached hydrogen (secondary N) is 2. The molecule has 2 heterocycles. The first-order valence-electron chi connectivity index (χ1n) is 12.3. The van der Waals surface area contributed by atoms with Crippen molar-refractivity contribution >= 4 is 31.1 Å². The number of fused-ring (bicyclic) bond motifs is 1. The molecule has 0 spiro atoms. The van der Waals surface area contributed by atoms with Crippen LogP contribution in [0.2, 0.25) is 0 Å². The van der Waals surface area contributed by atoms with Gasteiger partial charge in [-0.05, 0) is 37.4 Å². The molecule has 232 valence electrons. The first kappa shape index (κ1) is 40.7. The summed E-state index contributed by atoms with van der Waals surface area (Å²) in [6, 6.07) is 8.84. The van der Waals surface area contributed by atoms with Crippen molar-refractivity contribution in [3.8, 4) is 5.75 Å². The van der Waals surface area contributed by atoms with Crippen LogP contribution in [0.3, 0.4) is 0 Å². The second kappa shape index (κ2) is 21.3. The number of aromatic nitrogens is 1. The molecule has 0 amide bonds. The Balaban J connectivity index is 0. The topological polar surface area (TPSA) is 244 Å². The first-order valence-corrected chi connectivity index (χ1v) is 15.4. The minimum absolute atomic E-state index is 0. The summed E-state index contributed by atoms with van der Waals surface area (Å²) in [7, 11) is -8.32. The molecule has 0 aliphatic carbocycles. The van der Waals surface area contributed by atoms with Crippen molar-refractivity contribution in [1.82, 2.24) is 25.4 Å². The van der Waals surface area contributed by atoms with E-state index in [1.807, 2.05) is 18.2 Å². The molecule has 0 atom stereocenters. The Hall–Kier alpha value is -1.48. The average Bonchev–Trinajstić information content (AvgIpc) is 2.81. The molecule has 1 aliphatic rings. The molecular weight excluding hydrogens is 613 g/mol. The fourth-order valence-electron chi connectivity index (χ4n) is 3.88. The molecule has 1 saturated heterocycles. The molecule has 40 heavy (non-hydrogen) atoms. The maximum Gasteiger partial charge on any atom is 3.00 e. The normalized spacial score (nSPS) is 16.1. The summed E-state index contributed by atoms with van der Waals surface area (Å²) in [5.41, 5.74) is 0.551. The smallest absolute Gasteiger partial charge is 0.871 e. The molecule has 0 unspecified atom stereocenters. The standard InChI is InChI=1S/C14H32N4O6S2.C9H7NO.Co.2H2O/c19-25(20,21)13-1-7-17-9-3-15-5-11-18(12-6-16-4-10-17)8-2-14-26(22,23)24;11-8-5-1-3-7-4-2-6-10-9(7)8;;;/h15-16H,1-14H2,(H,19,20,21)(H,22,23,24);1-6,11H;;2*1H2/q;;+3;;/p-3. The Labute approximate surface area is 246 Å². The predicted molar refractivity (Wildman–Crippen MR) is 145 cm³/mol. The molecule has 6 N–H and O–H groups in total. The number of hydrogen-bond donors (Lipinski definition) is 2. The second-order valence-corrected chi connectivity index (χ2v) is 11.8. The molecule has 1 aliphatic heterocycles. The van der Waals surface area contributed by atoms with Gasteiger partial charge in [-0.25, -0.2) is 16.8 Å². The maximum absolute atomic E-state index is 11.1. The number of nitrogens with zero attached hydrogens (tertiary/aromatic N) is 3. The molecule has 2 aromatic rings. The molecule has 0 bridgehead atoms. The van der Waals surface area contributed by atoms with E-state index in [2.05, 4.69) is 25.4 Å². The van der Waals surface area contributed by atoms with Gasteiger partial charge in [0.15, 0.2) is 0 Å². The van der Waals surface area contributed by atoms with E-state index >= 15 is 0 Å². The minimum atomic E-state index is -4.16. The molecular formula is C23H40CoN5O9S2. The summed E-state index contributed by atoms with van der Waals surface area (Å²) < 4.78 is 64.1. The van der Waals surface area contributed by atoms with Crippen LogP contribution in [-0.4, -0.2) is 129 Å². The number of hydrogen-bond acceptors (Lipinski definition) is 12. The minimum Gasteiger partial charge on any atom is -0.871 e. The molecule has 1 aromatic carbocycles. The zero-order valence-electron chi connectivity index (χ0n) is 22.2. The van der Waals surface area contributed by atoms with E-state index in [0.717, 1.165) is 57.7 Å². The first-order chi connectivity index (χ1) is 17.5. The van der Waals surface area contributed by atoms with Gasteiger partial charge >= 0.3 is 16.8 Å². The Bertz CT molecular complexity index is 1090. The van der Waals surface area contributed by atoms with Crippen molar-refractivity contribution in [2.24, 2.45) is 0 Å². The number of benzene rings is 1. The van der Waals surface area contributed by atoms with Crippen LogP contribution in [0.4, 0.5) is 0 Å². The maximum atomic E-state index is 11.1. The van der Waals surface area contributed by atoms with Crippen molar-refractivity contribution in [3.05, 3.63) is 36.5 Å². The van der Waals surface area contributed by atoms with Crippen molar-refractivity contribution in [2.75, 3.05) is 77.0 Å². The molecule has 17 heteroatoms. The summed E-state index contributed by atoms with van der Waals surface area (Å²) >= 11 is 0. The summed E-state index contributed by atoms with van der Waals surface area (Å²) in [6.07, 6.45) is 2.30. The van der Waals surface area contributed by atoms with Gasteiger partial charge in [0, 0.05) is 70.1 Å². The third-order valence-electron chi connectivity index (χ3n) is 5.75. The van der Waals surface area contributed by atoms with E-state index in [4.69, 9.17) is 0 Å². The molecule has 1 fully saturated rings. The van der Waals surface area contributed by atoms with E-state index in [9.17, 15) is 31.0 Å². The van der Waals surface area contributed by atoms with Gasteiger partial charge in [0.1, 0.15) is 0 Å². The van der Waals surface area contributed by atoms with E-state index in [-0.39, 0.29) is 45.0 Å². The van der Waals surface area contributed by atoms with Crippen LogP contribution in [-0.2, 0) is 37.0 Å². The van der Waals surface area contributed by atoms with Gasteiger partial charge in [-0.15, -0.1) is 0 Å². The van der Waals surface area contributed by atoms with E-state index in [0.29, 0.717) is 31.4 Å². The van der Waals surface area contributed by atoms with Crippen molar-refractivity contribution < 1.29 is 58.8 Å². The van der Waals surface area contributed by atoms with Gasteiger partial charge in [0.05, 0.1) is 25.8 Å². The predicted octanol–water partition coefficient (Wildman–Crippen LogP) is -2.69. The zero-order chi connectivity index (χ0) is 27.2. The second-order valence-electron chi connectivity index (χ2n) is 8.75. The van der Waals surface area contributed by atoms with E-state index in [1.165, 1.54) is 6.07 Å². The van der Waals surface area contributed by atoms with Crippen molar-refractivity contribution in [1.29, 1.82) is 0 Å². The fourth-order valence-corrected chi connectivity index (χ4v) is 4.84. The van der Waals surface area contributed by atoms with Crippen LogP contribution in [0.15, 0.2) is 36.5 Å². The van der Waals surface area contributed by atoms with Crippen molar-refractivity contribution in [3.63, 3.8) is 0 Å². The average molecular weight is 654 g/mol. The van der Waals surface area contributed by atoms with Gasteiger partial charge in [-0.3, -0.25) is 4.98 Å². The Morgan fingerprint density at radius 2 is 1.18 bits per heavy atom. The fraction of sp³-hybridized carbons (Fsp3) is 0.609. The van der Waals surface area contributed by atoms with Gasteiger partial charge in [0.2, 0.25) is 0 Å². The number of para-hydroxylation sites is 1. The van der Waals surface area contributed by atoms with Gasteiger partial charge < -0.3 is 45.6 Å². The number of pyridine rings is 1. The van der Waals surface area contributed by atoms with Crippen LogP contribution in [0.25, 0.3) is 10.9 Å². The van der Waals surface area contributed by atoms with Gasteiger partial charge in [0.25, 0.3) is 0 Å². The summed E-state index contributed by atoms with van der Waals surface area (Å²) in [4.78, 5) is 8.23. The van der Waals surface area contributed by atoms with E-state index in [1.54, 1.807) is 12.3 Å². The molecule has 14 nitrogen and oxygen atoms in total. The molecule has 0 radical (unpaired) electrons.